The van der Waals surface area contributed by atoms with Crippen LogP contribution >= 0.6 is 0 Å². The standard InChI is InChI=1S/C14H28N2O3/c1-3-5-7-16(8-6-4-2)14(19)11-15-9-12(17)13(18)10-15/h12-13,17-18H,3-11H2,1-2H3. The lowest BCUT2D eigenvalue weighted by Gasteiger charge is -2.25. The van der Waals surface area contributed by atoms with Gasteiger partial charge in [-0.2, -0.15) is 0 Å². The molecule has 5 heteroatoms. The summed E-state index contributed by atoms with van der Waals surface area (Å²) in [6.45, 7) is 6.96. The first-order valence-corrected chi connectivity index (χ1v) is 7.44. The van der Waals surface area contributed by atoms with Gasteiger partial charge in [-0.3, -0.25) is 9.69 Å². The molecule has 0 saturated carbocycles. The van der Waals surface area contributed by atoms with E-state index >= 15 is 0 Å². The van der Waals surface area contributed by atoms with E-state index < -0.39 is 12.2 Å². The Morgan fingerprint density at radius 1 is 1.11 bits per heavy atom. The van der Waals surface area contributed by atoms with Crippen molar-refractivity contribution in [2.24, 2.45) is 0 Å². The lowest BCUT2D eigenvalue weighted by atomic mass is 10.2. The number of carbonyl (C=O) groups excluding carboxylic acids is 1. The van der Waals surface area contributed by atoms with Gasteiger partial charge in [0.1, 0.15) is 0 Å². The largest absolute Gasteiger partial charge is 0.389 e. The third-order valence-corrected chi connectivity index (χ3v) is 3.61. The summed E-state index contributed by atoms with van der Waals surface area (Å²) >= 11 is 0. The lowest BCUT2D eigenvalue weighted by molar-refractivity contribution is -0.132. The van der Waals surface area contributed by atoms with Gasteiger partial charge in [-0.1, -0.05) is 26.7 Å². The molecule has 0 radical (unpaired) electrons. The summed E-state index contributed by atoms with van der Waals surface area (Å²) in [4.78, 5) is 16.0. The summed E-state index contributed by atoms with van der Waals surface area (Å²) < 4.78 is 0. The molecular formula is C14H28N2O3. The van der Waals surface area contributed by atoms with Crippen molar-refractivity contribution >= 4 is 5.91 Å². The van der Waals surface area contributed by atoms with Crippen molar-refractivity contribution in [2.75, 3.05) is 32.7 Å². The molecule has 2 N–H and O–H groups in total. The molecule has 112 valence electrons. The van der Waals surface area contributed by atoms with E-state index in [9.17, 15) is 15.0 Å². The van der Waals surface area contributed by atoms with Crippen LogP contribution in [0.2, 0.25) is 0 Å². The van der Waals surface area contributed by atoms with Crippen LogP contribution in [-0.4, -0.2) is 70.9 Å². The maximum atomic E-state index is 12.2. The fourth-order valence-electron chi connectivity index (χ4n) is 2.33. The van der Waals surface area contributed by atoms with Crippen LogP contribution in [0.3, 0.4) is 0 Å². The number of β-amino-alcohol motifs (C(OH)–C–C–N with tert-alkyl or cyclic N) is 2. The number of hydrogen-bond donors (Lipinski definition) is 2. The monoisotopic (exact) mass is 272 g/mol. The number of hydrogen-bond acceptors (Lipinski definition) is 4. The number of rotatable bonds is 8. The minimum atomic E-state index is -0.715. The average Bonchev–Trinajstić information content (AvgIpc) is 2.68. The number of unbranched alkanes of at least 4 members (excludes halogenated alkanes) is 2. The number of aliphatic hydroxyl groups is 2. The van der Waals surface area contributed by atoms with Gasteiger partial charge in [0.25, 0.3) is 0 Å². The Bertz CT molecular complexity index is 255. The van der Waals surface area contributed by atoms with Crippen LogP contribution in [0.5, 0.6) is 0 Å². The van der Waals surface area contributed by atoms with E-state index in [1.807, 2.05) is 9.80 Å². The summed E-state index contributed by atoms with van der Waals surface area (Å²) in [7, 11) is 0. The minimum absolute atomic E-state index is 0.114. The molecule has 0 aromatic heterocycles. The van der Waals surface area contributed by atoms with E-state index in [0.717, 1.165) is 38.8 Å². The fraction of sp³-hybridized carbons (Fsp3) is 0.929. The van der Waals surface area contributed by atoms with Gasteiger partial charge < -0.3 is 15.1 Å². The van der Waals surface area contributed by atoms with Gasteiger partial charge in [-0.15, -0.1) is 0 Å². The second-order valence-electron chi connectivity index (χ2n) is 5.42. The van der Waals surface area contributed by atoms with Gasteiger partial charge in [0, 0.05) is 26.2 Å². The smallest absolute Gasteiger partial charge is 0.236 e. The molecule has 0 spiro atoms. The SMILES string of the molecule is CCCCN(CCCC)C(=O)CN1CC(O)C(O)C1. The zero-order chi connectivity index (χ0) is 14.3. The second-order valence-corrected chi connectivity index (χ2v) is 5.42. The molecule has 1 aliphatic rings. The first-order valence-electron chi connectivity index (χ1n) is 7.44. The molecule has 1 amide bonds. The molecule has 0 bridgehead atoms. The molecule has 2 unspecified atom stereocenters. The summed E-state index contributed by atoms with van der Waals surface area (Å²) in [5.74, 6) is 0.114. The van der Waals surface area contributed by atoms with E-state index in [2.05, 4.69) is 13.8 Å². The van der Waals surface area contributed by atoms with Gasteiger partial charge in [-0.05, 0) is 12.8 Å². The number of amides is 1. The van der Waals surface area contributed by atoms with Crippen molar-refractivity contribution in [3.8, 4) is 0 Å². The zero-order valence-corrected chi connectivity index (χ0v) is 12.2. The highest BCUT2D eigenvalue weighted by molar-refractivity contribution is 5.78. The molecule has 0 aromatic rings. The maximum Gasteiger partial charge on any atom is 0.236 e. The van der Waals surface area contributed by atoms with Crippen LogP contribution in [0.1, 0.15) is 39.5 Å². The Hall–Kier alpha value is -0.650. The second kappa shape index (κ2) is 8.51. The molecule has 1 saturated heterocycles. The van der Waals surface area contributed by atoms with Crippen LogP contribution < -0.4 is 0 Å². The number of carbonyl (C=O) groups is 1. The Kier molecular flexibility index (Phi) is 7.34. The highest BCUT2D eigenvalue weighted by Gasteiger charge is 2.31. The summed E-state index contributed by atoms with van der Waals surface area (Å²) in [5.41, 5.74) is 0. The van der Waals surface area contributed by atoms with E-state index in [0.29, 0.717) is 19.6 Å². The van der Waals surface area contributed by atoms with Crippen LogP contribution in [0.4, 0.5) is 0 Å². The fourth-order valence-corrected chi connectivity index (χ4v) is 2.33. The Morgan fingerprint density at radius 3 is 2.00 bits per heavy atom. The van der Waals surface area contributed by atoms with E-state index in [1.165, 1.54) is 0 Å². The van der Waals surface area contributed by atoms with Crippen LogP contribution in [0.15, 0.2) is 0 Å². The summed E-state index contributed by atoms with van der Waals surface area (Å²) in [5, 5.41) is 19.0. The summed E-state index contributed by atoms with van der Waals surface area (Å²) in [6, 6.07) is 0. The molecule has 0 aromatic carbocycles. The third kappa shape index (κ3) is 5.47. The number of nitrogens with zero attached hydrogens (tertiary/aromatic N) is 2. The van der Waals surface area contributed by atoms with Gasteiger partial charge in [0.2, 0.25) is 5.91 Å². The van der Waals surface area contributed by atoms with Crippen molar-refractivity contribution in [3.05, 3.63) is 0 Å². The molecular weight excluding hydrogens is 244 g/mol. The number of likely N-dealkylation sites (tertiary alicyclic amines) is 1. The molecule has 1 fully saturated rings. The van der Waals surface area contributed by atoms with E-state index in [4.69, 9.17) is 0 Å². The Labute approximate surface area is 116 Å². The minimum Gasteiger partial charge on any atom is -0.389 e. The van der Waals surface area contributed by atoms with Gasteiger partial charge in [0.05, 0.1) is 18.8 Å². The predicted octanol–water partition coefficient (Wildman–Crippen LogP) is 0.453. The average molecular weight is 272 g/mol. The van der Waals surface area contributed by atoms with Gasteiger partial charge >= 0.3 is 0 Å². The highest BCUT2D eigenvalue weighted by Crippen LogP contribution is 2.10. The lowest BCUT2D eigenvalue weighted by Crippen LogP contribution is -2.41. The Balaban J connectivity index is 2.42. The van der Waals surface area contributed by atoms with Crippen molar-refractivity contribution in [3.63, 3.8) is 0 Å². The number of aliphatic hydroxyl groups excluding tert-OH is 2. The van der Waals surface area contributed by atoms with Gasteiger partial charge in [0.15, 0.2) is 0 Å². The quantitative estimate of drug-likeness (QED) is 0.673. The van der Waals surface area contributed by atoms with Crippen molar-refractivity contribution in [1.29, 1.82) is 0 Å². The normalized spacial score (nSPS) is 23.8. The summed E-state index contributed by atoms with van der Waals surface area (Å²) in [6.07, 6.45) is 2.79. The zero-order valence-electron chi connectivity index (χ0n) is 12.2. The molecule has 5 nitrogen and oxygen atoms in total. The van der Waals surface area contributed by atoms with Crippen LogP contribution in [0.25, 0.3) is 0 Å². The molecule has 0 aliphatic carbocycles. The molecule has 2 atom stereocenters. The molecule has 1 aliphatic heterocycles. The van der Waals surface area contributed by atoms with Crippen molar-refractivity contribution in [2.45, 2.75) is 51.7 Å². The molecule has 1 heterocycles. The third-order valence-electron chi connectivity index (χ3n) is 3.61. The topological polar surface area (TPSA) is 64.0 Å². The maximum absolute atomic E-state index is 12.2. The van der Waals surface area contributed by atoms with Crippen LogP contribution in [-0.2, 0) is 4.79 Å². The van der Waals surface area contributed by atoms with Gasteiger partial charge in [-0.25, -0.2) is 0 Å². The Morgan fingerprint density at radius 2 is 1.58 bits per heavy atom. The predicted molar refractivity (Wildman–Crippen MR) is 74.8 cm³/mol. The van der Waals surface area contributed by atoms with Crippen molar-refractivity contribution in [1.82, 2.24) is 9.80 Å². The first-order chi connectivity index (χ1) is 9.08. The first kappa shape index (κ1) is 16.4. The highest BCUT2D eigenvalue weighted by atomic mass is 16.3. The molecule has 1 rings (SSSR count). The molecule has 19 heavy (non-hydrogen) atoms. The van der Waals surface area contributed by atoms with Crippen LogP contribution in [0, 0.1) is 0 Å². The van der Waals surface area contributed by atoms with E-state index in [1.54, 1.807) is 0 Å². The van der Waals surface area contributed by atoms with Crippen molar-refractivity contribution < 1.29 is 15.0 Å². The van der Waals surface area contributed by atoms with E-state index in [-0.39, 0.29) is 5.91 Å².